The zero-order chi connectivity index (χ0) is 14.0. The highest BCUT2D eigenvalue weighted by molar-refractivity contribution is 5.77. The van der Waals surface area contributed by atoms with Crippen LogP contribution < -0.4 is 0 Å². The van der Waals surface area contributed by atoms with Crippen LogP contribution in [-0.2, 0) is 5.41 Å². The summed E-state index contributed by atoms with van der Waals surface area (Å²) < 4.78 is 0. The Kier molecular flexibility index (Phi) is 3.98. The number of hydrogen-bond acceptors (Lipinski definition) is 2. The van der Waals surface area contributed by atoms with Gasteiger partial charge in [0.15, 0.2) is 0 Å². The van der Waals surface area contributed by atoms with E-state index in [-0.39, 0.29) is 5.41 Å². The van der Waals surface area contributed by atoms with E-state index >= 15 is 0 Å². The van der Waals surface area contributed by atoms with Crippen LogP contribution in [0.15, 0.2) is 12.1 Å². The van der Waals surface area contributed by atoms with Gasteiger partial charge in [-0.15, -0.1) is 0 Å². The Morgan fingerprint density at radius 3 is 2.32 bits per heavy atom. The number of rotatable bonds is 2. The van der Waals surface area contributed by atoms with E-state index in [2.05, 4.69) is 20.8 Å². The Bertz CT molecular complexity index is 463. The van der Waals surface area contributed by atoms with Gasteiger partial charge in [0, 0.05) is 11.1 Å². The van der Waals surface area contributed by atoms with E-state index in [0.29, 0.717) is 17.2 Å². The Morgan fingerprint density at radius 2 is 1.79 bits per heavy atom. The number of carbonyl (C=O) groups is 1. The quantitative estimate of drug-likeness (QED) is 0.792. The minimum absolute atomic E-state index is 0.146. The lowest BCUT2D eigenvalue weighted by Gasteiger charge is -2.27. The fourth-order valence-electron chi connectivity index (χ4n) is 3.04. The molecule has 0 unspecified atom stereocenters. The molecule has 1 fully saturated rings. The minimum Gasteiger partial charge on any atom is -0.507 e. The van der Waals surface area contributed by atoms with Crippen LogP contribution in [0.5, 0.6) is 5.75 Å². The third kappa shape index (κ3) is 2.99. The predicted octanol–water partition coefficient (Wildman–Crippen LogP) is 4.55. The molecule has 19 heavy (non-hydrogen) atoms. The molecule has 0 atom stereocenters. The monoisotopic (exact) mass is 260 g/mol. The molecule has 2 nitrogen and oxygen atoms in total. The van der Waals surface area contributed by atoms with Gasteiger partial charge in [-0.2, -0.15) is 0 Å². The van der Waals surface area contributed by atoms with E-state index in [0.717, 1.165) is 30.3 Å². The summed E-state index contributed by atoms with van der Waals surface area (Å²) in [5.41, 5.74) is 2.40. The molecule has 1 aliphatic rings. The van der Waals surface area contributed by atoms with E-state index < -0.39 is 0 Å². The van der Waals surface area contributed by atoms with Crippen molar-refractivity contribution in [3.63, 3.8) is 0 Å². The SMILES string of the molecule is CC(C)(C)c1cc(C=O)cc(C2CCCCC2)c1O. The van der Waals surface area contributed by atoms with Crippen LogP contribution in [0.3, 0.4) is 0 Å². The van der Waals surface area contributed by atoms with Crippen LogP contribution in [0.4, 0.5) is 0 Å². The second-order valence-electron chi connectivity index (χ2n) is 6.71. The second kappa shape index (κ2) is 5.36. The molecule has 2 rings (SSSR count). The van der Waals surface area contributed by atoms with Crippen LogP contribution in [0.1, 0.15) is 80.3 Å². The van der Waals surface area contributed by atoms with Crippen molar-refractivity contribution < 1.29 is 9.90 Å². The molecular formula is C17H24O2. The molecule has 1 aromatic carbocycles. The molecule has 1 aromatic rings. The van der Waals surface area contributed by atoms with Crippen LogP contribution in [0, 0.1) is 0 Å². The second-order valence-corrected chi connectivity index (χ2v) is 6.71. The van der Waals surface area contributed by atoms with Gasteiger partial charge in [0.1, 0.15) is 12.0 Å². The van der Waals surface area contributed by atoms with Crippen molar-refractivity contribution in [2.45, 2.75) is 64.2 Å². The van der Waals surface area contributed by atoms with Crippen LogP contribution in [0.2, 0.25) is 0 Å². The molecule has 1 saturated carbocycles. The molecule has 1 N–H and O–H groups in total. The zero-order valence-electron chi connectivity index (χ0n) is 12.2. The first kappa shape index (κ1) is 14.1. The van der Waals surface area contributed by atoms with E-state index in [9.17, 15) is 9.90 Å². The first-order valence-electron chi connectivity index (χ1n) is 7.26. The number of phenolic OH excluding ortho intramolecular Hbond substituents is 1. The number of aromatic hydroxyl groups is 1. The third-order valence-electron chi connectivity index (χ3n) is 4.15. The summed E-state index contributed by atoms with van der Waals surface area (Å²) in [4.78, 5) is 11.2. The summed E-state index contributed by atoms with van der Waals surface area (Å²) in [6.07, 6.45) is 6.87. The number of benzene rings is 1. The van der Waals surface area contributed by atoms with Crippen LogP contribution in [0.25, 0.3) is 0 Å². The molecule has 1 aliphatic carbocycles. The highest BCUT2D eigenvalue weighted by Crippen LogP contribution is 2.42. The van der Waals surface area contributed by atoms with E-state index in [1.54, 1.807) is 0 Å². The summed E-state index contributed by atoms with van der Waals surface area (Å²) in [5.74, 6) is 0.819. The fourth-order valence-corrected chi connectivity index (χ4v) is 3.04. The first-order chi connectivity index (χ1) is 8.93. The highest BCUT2D eigenvalue weighted by atomic mass is 16.3. The summed E-state index contributed by atoms with van der Waals surface area (Å²) in [6, 6.07) is 3.71. The lowest BCUT2D eigenvalue weighted by atomic mass is 9.78. The summed E-state index contributed by atoms with van der Waals surface area (Å²) in [6.45, 7) is 6.21. The topological polar surface area (TPSA) is 37.3 Å². The van der Waals surface area contributed by atoms with Crippen molar-refractivity contribution in [1.29, 1.82) is 0 Å². The van der Waals surface area contributed by atoms with Gasteiger partial charge in [-0.25, -0.2) is 0 Å². The van der Waals surface area contributed by atoms with Gasteiger partial charge in [-0.1, -0.05) is 40.0 Å². The average Bonchev–Trinajstić information content (AvgIpc) is 2.38. The van der Waals surface area contributed by atoms with Crippen molar-refractivity contribution in [1.82, 2.24) is 0 Å². The van der Waals surface area contributed by atoms with E-state index in [1.807, 2.05) is 12.1 Å². The summed E-state index contributed by atoms with van der Waals surface area (Å²) >= 11 is 0. The molecule has 0 saturated heterocycles. The van der Waals surface area contributed by atoms with Gasteiger partial charge in [0.2, 0.25) is 0 Å². The van der Waals surface area contributed by atoms with Crippen molar-refractivity contribution in [3.05, 3.63) is 28.8 Å². The Morgan fingerprint density at radius 1 is 1.16 bits per heavy atom. The normalized spacial score (nSPS) is 17.4. The summed E-state index contributed by atoms with van der Waals surface area (Å²) in [5, 5.41) is 10.6. The lowest BCUT2D eigenvalue weighted by Crippen LogP contribution is -2.14. The number of phenols is 1. The highest BCUT2D eigenvalue weighted by Gasteiger charge is 2.25. The largest absolute Gasteiger partial charge is 0.507 e. The van der Waals surface area contributed by atoms with Crippen molar-refractivity contribution in [2.75, 3.05) is 0 Å². The summed E-state index contributed by atoms with van der Waals surface area (Å²) in [7, 11) is 0. The first-order valence-corrected chi connectivity index (χ1v) is 7.26. The van der Waals surface area contributed by atoms with Crippen molar-refractivity contribution in [3.8, 4) is 5.75 Å². The van der Waals surface area contributed by atoms with Crippen LogP contribution in [-0.4, -0.2) is 11.4 Å². The predicted molar refractivity (Wildman–Crippen MR) is 78.0 cm³/mol. The Balaban J connectivity index is 2.50. The molecule has 0 bridgehead atoms. The number of hydrogen-bond donors (Lipinski definition) is 1. The maximum atomic E-state index is 11.2. The maximum Gasteiger partial charge on any atom is 0.150 e. The molecule has 104 valence electrons. The Labute approximate surface area is 115 Å². The number of aldehydes is 1. The third-order valence-corrected chi connectivity index (χ3v) is 4.15. The fraction of sp³-hybridized carbons (Fsp3) is 0.588. The molecule has 0 amide bonds. The molecule has 0 aromatic heterocycles. The maximum absolute atomic E-state index is 11.2. The standard InChI is InChI=1S/C17H24O2/c1-17(2,3)15-10-12(11-18)9-14(16(15)19)13-7-5-4-6-8-13/h9-11,13,19H,4-8H2,1-3H3. The molecule has 0 radical (unpaired) electrons. The Hall–Kier alpha value is -1.31. The smallest absolute Gasteiger partial charge is 0.150 e. The number of carbonyl (C=O) groups excluding carboxylic acids is 1. The molecule has 2 heteroatoms. The molecule has 0 heterocycles. The minimum atomic E-state index is -0.146. The van der Waals surface area contributed by atoms with Gasteiger partial charge in [0.05, 0.1) is 0 Å². The average molecular weight is 260 g/mol. The van der Waals surface area contributed by atoms with Gasteiger partial charge in [-0.05, 0) is 41.9 Å². The van der Waals surface area contributed by atoms with Crippen LogP contribution >= 0.6 is 0 Å². The van der Waals surface area contributed by atoms with Gasteiger partial charge in [0.25, 0.3) is 0 Å². The van der Waals surface area contributed by atoms with Gasteiger partial charge >= 0.3 is 0 Å². The zero-order valence-corrected chi connectivity index (χ0v) is 12.2. The lowest BCUT2D eigenvalue weighted by molar-refractivity contribution is 0.112. The van der Waals surface area contributed by atoms with Gasteiger partial charge in [-0.3, -0.25) is 4.79 Å². The molecule has 0 aliphatic heterocycles. The van der Waals surface area contributed by atoms with Crippen molar-refractivity contribution >= 4 is 6.29 Å². The molecule has 0 spiro atoms. The van der Waals surface area contributed by atoms with Gasteiger partial charge < -0.3 is 5.11 Å². The van der Waals surface area contributed by atoms with Crippen molar-refractivity contribution in [2.24, 2.45) is 0 Å². The van der Waals surface area contributed by atoms with E-state index in [1.165, 1.54) is 19.3 Å². The molecular weight excluding hydrogens is 236 g/mol. The van der Waals surface area contributed by atoms with E-state index in [4.69, 9.17) is 0 Å².